The number of benzene rings is 1. The van der Waals surface area contributed by atoms with Crippen LogP contribution in [0.4, 0.5) is 0 Å². The number of hydrogen-bond acceptors (Lipinski definition) is 4. The first kappa shape index (κ1) is 17.4. The third-order valence-electron chi connectivity index (χ3n) is 4.47. The Labute approximate surface area is 151 Å². The molecule has 1 aliphatic heterocycles. The highest BCUT2D eigenvalue weighted by Gasteiger charge is 2.28. The van der Waals surface area contributed by atoms with Crippen molar-refractivity contribution in [3.8, 4) is 5.75 Å². The lowest BCUT2D eigenvalue weighted by molar-refractivity contribution is 0.0645. The smallest absolute Gasteiger partial charge is 0.272 e. The molecule has 2 aromatic rings. The van der Waals surface area contributed by atoms with Gasteiger partial charge in [-0.05, 0) is 49.2 Å². The first-order valence-corrected chi connectivity index (χ1v) is 8.55. The van der Waals surface area contributed by atoms with Crippen LogP contribution < -0.4 is 4.74 Å². The highest BCUT2D eigenvalue weighted by Crippen LogP contribution is 2.24. The summed E-state index contributed by atoms with van der Waals surface area (Å²) in [7, 11) is 1.60. The molecular weight excluding hydrogens is 340 g/mol. The predicted molar refractivity (Wildman–Crippen MR) is 95.2 cm³/mol. The molecule has 0 spiro atoms. The van der Waals surface area contributed by atoms with Crippen molar-refractivity contribution in [2.75, 3.05) is 20.2 Å². The number of piperidine rings is 1. The molecule has 6 heteroatoms. The van der Waals surface area contributed by atoms with Gasteiger partial charge < -0.3 is 9.64 Å². The summed E-state index contributed by atoms with van der Waals surface area (Å²) in [5.74, 6) is 0.643. The highest BCUT2D eigenvalue weighted by atomic mass is 35.5. The van der Waals surface area contributed by atoms with Crippen LogP contribution in [0.2, 0.25) is 5.02 Å². The van der Waals surface area contributed by atoms with Gasteiger partial charge in [0, 0.05) is 35.8 Å². The number of methoxy groups -OCH3 is 1. The second-order valence-corrected chi connectivity index (χ2v) is 6.45. The zero-order valence-corrected chi connectivity index (χ0v) is 14.7. The van der Waals surface area contributed by atoms with E-state index in [2.05, 4.69) is 4.98 Å². The first-order valence-electron chi connectivity index (χ1n) is 8.17. The van der Waals surface area contributed by atoms with Gasteiger partial charge in [0.1, 0.15) is 11.4 Å². The van der Waals surface area contributed by atoms with E-state index in [1.54, 1.807) is 48.4 Å². The zero-order chi connectivity index (χ0) is 17.8. The third kappa shape index (κ3) is 3.99. The summed E-state index contributed by atoms with van der Waals surface area (Å²) in [6.45, 7) is 1.08. The number of pyridine rings is 1. The first-order chi connectivity index (χ1) is 12.1. The number of rotatable bonds is 4. The maximum Gasteiger partial charge on any atom is 0.272 e. The second kappa shape index (κ2) is 7.66. The number of Topliss-reactive ketones (excluding diaryl/α,β-unsaturated/α-hetero) is 1. The Morgan fingerprint density at radius 3 is 2.44 bits per heavy atom. The van der Waals surface area contributed by atoms with Crippen LogP contribution in [-0.2, 0) is 0 Å². The summed E-state index contributed by atoms with van der Waals surface area (Å²) in [4.78, 5) is 30.9. The molecule has 0 saturated carbocycles. The summed E-state index contributed by atoms with van der Waals surface area (Å²) in [6.07, 6.45) is 2.82. The lowest BCUT2D eigenvalue weighted by Crippen LogP contribution is -2.40. The number of halogens is 1. The summed E-state index contributed by atoms with van der Waals surface area (Å²) < 4.78 is 5.11. The van der Waals surface area contributed by atoms with E-state index in [0.29, 0.717) is 42.2 Å². The maximum atomic E-state index is 12.6. The quantitative estimate of drug-likeness (QED) is 0.785. The average molecular weight is 359 g/mol. The molecule has 0 N–H and O–H groups in total. The molecule has 1 aromatic carbocycles. The van der Waals surface area contributed by atoms with Gasteiger partial charge in [0.05, 0.1) is 7.11 Å². The summed E-state index contributed by atoms with van der Waals surface area (Å²) in [5.41, 5.74) is 1.02. The Hall–Kier alpha value is -2.40. The van der Waals surface area contributed by atoms with Crippen LogP contribution in [0, 0.1) is 5.92 Å². The van der Waals surface area contributed by atoms with Gasteiger partial charge in [0.25, 0.3) is 5.91 Å². The molecule has 3 rings (SSSR count). The van der Waals surface area contributed by atoms with Crippen molar-refractivity contribution < 1.29 is 14.3 Å². The molecule has 5 nitrogen and oxygen atoms in total. The molecule has 0 aliphatic carbocycles. The highest BCUT2D eigenvalue weighted by molar-refractivity contribution is 6.30. The number of likely N-dealkylation sites (tertiary alicyclic amines) is 1. The molecule has 1 fully saturated rings. The van der Waals surface area contributed by atoms with E-state index < -0.39 is 0 Å². The van der Waals surface area contributed by atoms with Gasteiger partial charge in [-0.3, -0.25) is 14.6 Å². The van der Waals surface area contributed by atoms with Gasteiger partial charge >= 0.3 is 0 Å². The fourth-order valence-corrected chi connectivity index (χ4v) is 3.18. The SMILES string of the molecule is COc1ccc(C(=O)C2CCN(C(=O)c3cc(Cl)ccn3)CC2)cc1. The molecule has 0 unspecified atom stereocenters. The van der Waals surface area contributed by atoms with E-state index in [1.165, 1.54) is 6.20 Å². The molecule has 2 heterocycles. The van der Waals surface area contributed by atoms with Crippen LogP contribution in [-0.4, -0.2) is 41.8 Å². The Kier molecular flexibility index (Phi) is 5.34. The summed E-state index contributed by atoms with van der Waals surface area (Å²) in [6, 6.07) is 10.4. The van der Waals surface area contributed by atoms with Crippen molar-refractivity contribution in [1.82, 2.24) is 9.88 Å². The fourth-order valence-electron chi connectivity index (χ4n) is 3.02. The molecule has 1 amide bonds. The van der Waals surface area contributed by atoms with Gasteiger partial charge in [-0.1, -0.05) is 11.6 Å². The van der Waals surface area contributed by atoms with Crippen LogP contribution in [0.15, 0.2) is 42.6 Å². The van der Waals surface area contributed by atoms with Crippen LogP contribution in [0.25, 0.3) is 0 Å². The minimum atomic E-state index is -0.141. The molecule has 0 radical (unpaired) electrons. The third-order valence-corrected chi connectivity index (χ3v) is 4.70. The monoisotopic (exact) mass is 358 g/mol. The standard InChI is InChI=1S/C19H19ClN2O3/c1-25-16-4-2-13(3-5-16)18(23)14-7-10-22(11-8-14)19(24)17-12-15(20)6-9-21-17/h2-6,9,12,14H,7-8,10-11H2,1H3. The van der Waals surface area contributed by atoms with E-state index in [4.69, 9.17) is 16.3 Å². The van der Waals surface area contributed by atoms with E-state index in [-0.39, 0.29) is 17.6 Å². The lowest BCUT2D eigenvalue weighted by Gasteiger charge is -2.31. The Morgan fingerprint density at radius 2 is 1.84 bits per heavy atom. The van der Waals surface area contributed by atoms with Crippen LogP contribution in [0.3, 0.4) is 0 Å². The van der Waals surface area contributed by atoms with Gasteiger partial charge in [0.15, 0.2) is 5.78 Å². The molecule has 25 heavy (non-hydrogen) atoms. The predicted octanol–water partition coefficient (Wildman–Crippen LogP) is 3.48. The molecule has 1 aromatic heterocycles. The number of amides is 1. The van der Waals surface area contributed by atoms with Gasteiger partial charge in [-0.2, -0.15) is 0 Å². The van der Waals surface area contributed by atoms with E-state index in [1.807, 2.05) is 0 Å². The second-order valence-electron chi connectivity index (χ2n) is 6.02. The van der Waals surface area contributed by atoms with Crippen LogP contribution >= 0.6 is 11.6 Å². The minimum Gasteiger partial charge on any atom is -0.497 e. The van der Waals surface area contributed by atoms with Crippen molar-refractivity contribution in [2.24, 2.45) is 5.92 Å². The lowest BCUT2D eigenvalue weighted by atomic mass is 9.89. The molecular formula is C19H19ClN2O3. The van der Waals surface area contributed by atoms with Crippen molar-refractivity contribution in [1.29, 1.82) is 0 Å². The van der Waals surface area contributed by atoms with Crippen LogP contribution in [0.1, 0.15) is 33.7 Å². The molecule has 1 saturated heterocycles. The number of carbonyl (C=O) groups excluding carboxylic acids is 2. The van der Waals surface area contributed by atoms with Crippen molar-refractivity contribution in [3.05, 3.63) is 58.9 Å². The number of ether oxygens (including phenoxy) is 1. The van der Waals surface area contributed by atoms with Crippen LogP contribution in [0.5, 0.6) is 5.75 Å². The fraction of sp³-hybridized carbons (Fsp3) is 0.316. The average Bonchev–Trinajstić information content (AvgIpc) is 2.67. The minimum absolute atomic E-state index is 0.0650. The van der Waals surface area contributed by atoms with Crippen molar-refractivity contribution >= 4 is 23.3 Å². The number of nitrogens with zero attached hydrogens (tertiary/aromatic N) is 2. The number of ketones is 1. The van der Waals surface area contributed by atoms with E-state index in [0.717, 1.165) is 5.75 Å². The normalized spacial score (nSPS) is 15.0. The Balaban J connectivity index is 1.61. The largest absolute Gasteiger partial charge is 0.497 e. The molecule has 0 bridgehead atoms. The number of aromatic nitrogens is 1. The Morgan fingerprint density at radius 1 is 1.16 bits per heavy atom. The summed E-state index contributed by atoms with van der Waals surface area (Å²) in [5, 5.41) is 0.489. The van der Waals surface area contributed by atoms with Gasteiger partial charge in [-0.25, -0.2) is 0 Å². The van der Waals surface area contributed by atoms with Gasteiger partial charge in [0.2, 0.25) is 0 Å². The topological polar surface area (TPSA) is 59.5 Å². The maximum absolute atomic E-state index is 12.6. The number of hydrogen-bond donors (Lipinski definition) is 0. The zero-order valence-electron chi connectivity index (χ0n) is 13.9. The molecule has 130 valence electrons. The van der Waals surface area contributed by atoms with E-state index in [9.17, 15) is 9.59 Å². The number of carbonyl (C=O) groups is 2. The molecule has 0 atom stereocenters. The van der Waals surface area contributed by atoms with Crippen molar-refractivity contribution in [3.63, 3.8) is 0 Å². The van der Waals surface area contributed by atoms with E-state index >= 15 is 0 Å². The van der Waals surface area contributed by atoms with Gasteiger partial charge in [-0.15, -0.1) is 0 Å². The molecule has 1 aliphatic rings. The summed E-state index contributed by atoms with van der Waals surface area (Å²) >= 11 is 5.92. The Bertz CT molecular complexity index is 768. The van der Waals surface area contributed by atoms with Crippen molar-refractivity contribution in [2.45, 2.75) is 12.8 Å².